The van der Waals surface area contributed by atoms with Crippen molar-refractivity contribution in [3.63, 3.8) is 0 Å². The van der Waals surface area contributed by atoms with E-state index in [-0.39, 0.29) is 18.3 Å². The summed E-state index contributed by atoms with van der Waals surface area (Å²) in [5.41, 5.74) is 1.28. The molecule has 0 saturated carbocycles. The molecule has 0 spiro atoms. The fraction of sp³-hybridized carbons (Fsp3) is 0.486. The number of carbonyl (C=O) groups excluding carboxylic acids is 2. The second kappa shape index (κ2) is 16.3. The Kier molecular flexibility index (Phi) is 12.5. The molecule has 45 heavy (non-hydrogen) atoms. The summed E-state index contributed by atoms with van der Waals surface area (Å²) in [4.78, 5) is 26.8. The summed E-state index contributed by atoms with van der Waals surface area (Å²) in [6, 6.07) is 12.3. The van der Waals surface area contributed by atoms with Crippen LogP contribution in [0.3, 0.4) is 0 Å². The van der Waals surface area contributed by atoms with Gasteiger partial charge in [-0.3, -0.25) is 0 Å². The Balaban J connectivity index is 1.72. The number of benzene rings is 2. The minimum atomic E-state index is -0.906. The third-order valence-electron chi connectivity index (χ3n) is 7.51. The van der Waals surface area contributed by atoms with Gasteiger partial charge in [0, 0.05) is 19.1 Å². The number of fused-ring (bicyclic) bond motifs is 2. The molecule has 2 aromatic rings. The van der Waals surface area contributed by atoms with Crippen LogP contribution in [0.2, 0.25) is 0 Å². The summed E-state index contributed by atoms with van der Waals surface area (Å²) in [7, 11) is 1.52. The Morgan fingerprint density at radius 1 is 1.07 bits per heavy atom. The van der Waals surface area contributed by atoms with Crippen LogP contribution in [-0.4, -0.2) is 74.7 Å². The maximum Gasteiger partial charge on any atom is 0.342 e. The molecule has 3 unspecified atom stereocenters. The van der Waals surface area contributed by atoms with E-state index in [2.05, 4.69) is 6.26 Å². The van der Waals surface area contributed by atoms with Crippen LogP contribution in [-0.2, 0) is 23.7 Å². The van der Waals surface area contributed by atoms with E-state index in [1.165, 1.54) is 7.11 Å². The molecule has 0 N–H and O–H groups in total. The third kappa shape index (κ3) is 9.59. The van der Waals surface area contributed by atoms with Gasteiger partial charge in [-0.25, -0.2) is 9.59 Å². The Bertz CT molecular complexity index is 1340. The van der Waals surface area contributed by atoms with Gasteiger partial charge in [-0.05, 0) is 75.5 Å². The summed E-state index contributed by atoms with van der Waals surface area (Å²) in [5.74, 6) is -0.302. The Morgan fingerprint density at radius 2 is 1.84 bits per heavy atom. The molecule has 0 aromatic heterocycles. The topological polar surface area (TPSA) is 98.8 Å². The second-order valence-corrected chi connectivity index (χ2v) is 12.5. The average Bonchev–Trinajstić information content (AvgIpc) is 3.33. The zero-order valence-corrected chi connectivity index (χ0v) is 27.7. The number of hydrogen-bond acceptors (Lipinski definition) is 10. The zero-order valence-electron chi connectivity index (χ0n) is 26.9. The lowest BCUT2D eigenvalue weighted by Gasteiger charge is -2.25. The number of rotatable bonds is 10. The van der Waals surface area contributed by atoms with Crippen molar-refractivity contribution in [3.8, 4) is 11.5 Å². The predicted molar refractivity (Wildman–Crippen MR) is 174 cm³/mol. The lowest BCUT2D eigenvalue weighted by Crippen LogP contribution is -2.37. The number of thioether (sulfide) groups is 1. The summed E-state index contributed by atoms with van der Waals surface area (Å²) >= 11 is 1.75. The van der Waals surface area contributed by atoms with Gasteiger partial charge in [0.25, 0.3) is 0 Å². The van der Waals surface area contributed by atoms with Gasteiger partial charge in [-0.1, -0.05) is 43.4 Å². The second-order valence-electron chi connectivity index (χ2n) is 11.5. The molecule has 2 heterocycles. The molecule has 0 bridgehead atoms. The molecule has 4 rings (SSSR count). The van der Waals surface area contributed by atoms with E-state index >= 15 is 0 Å². The molecule has 2 aliphatic heterocycles. The van der Waals surface area contributed by atoms with Gasteiger partial charge >= 0.3 is 11.9 Å². The molecule has 9 nitrogen and oxygen atoms in total. The van der Waals surface area contributed by atoms with E-state index in [4.69, 9.17) is 33.2 Å². The van der Waals surface area contributed by atoms with Crippen LogP contribution in [0.25, 0.3) is 6.08 Å². The van der Waals surface area contributed by atoms with Crippen molar-refractivity contribution in [2.75, 3.05) is 32.5 Å². The number of cyclic esters (lactones) is 1. The van der Waals surface area contributed by atoms with Crippen LogP contribution < -0.4 is 9.47 Å². The van der Waals surface area contributed by atoms with Crippen LogP contribution >= 0.6 is 11.8 Å². The van der Waals surface area contributed by atoms with Crippen LogP contribution in [0, 0.1) is 5.92 Å². The standard InChI is InChI=1S/C35H44O9S/c1-23-16-17-28(42-33(36)25-12-8-7-9-13-25)32-29(43-35(3,4)44-32)15-10-14-26-20-27(39-18-11-19-45-6)21-30(40-22-38-5)31(26)34(37)41-24(23)2/h7-10,12-14,16-17,20-21,23-24,28-29,32H,11,15,18-19,22H2,1-6H3/t23-,24+,28?,29?,32?/m1/s1. The SMILES string of the molecule is COCOc1cc(OCCCSC)cc2c1C(=O)O[C@@H](C)[C@H](C)C=CC(OC(=O)c1ccccc1)C1OC(C)(C)OC1CC=C2. The van der Waals surface area contributed by atoms with Gasteiger partial charge in [0.2, 0.25) is 0 Å². The summed E-state index contributed by atoms with van der Waals surface area (Å²) in [6.07, 6.45) is 8.44. The molecule has 2 aromatic carbocycles. The minimum Gasteiger partial charge on any atom is -0.493 e. The Hall–Kier alpha value is -3.31. The van der Waals surface area contributed by atoms with Crippen LogP contribution in [0.1, 0.15) is 66.8 Å². The monoisotopic (exact) mass is 640 g/mol. The van der Waals surface area contributed by atoms with E-state index in [9.17, 15) is 9.59 Å². The van der Waals surface area contributed by atoms with Crippen LogP contribution in [0.15, 0.2) is 60.7 Å². The molecule has 5 atom stereocenters. The minimum absolute atomic E-state index is 0.0544. The zero-order chi connectivity index (χ0) is 32.4. The fourth-order valence-corrected chi connectivity index (χ4v) is 5.49. The summed E-state index contributed by atoms with van der Waals surface area (Å²) in [6.45, 7) is 7.89. The van der Waals surface area contributed by atoms with E-state index in [1.54, 1.807) is 48.2 Å². The molecule has 10 heteroatoms. The molecule has 2 aliphatic rings. The van der Waals surface area contributed by atoms with E-state index < -0.39 is 42.1 Å². The molecular weight excluding hydrogens is 596 g/mol. The highest BCUT2D eigenvalue weighted by Crippen LogP contribution is 2.36. The largest absolute Gasteiger partial charge is 0.493 e. The first-order valence-electron chi connectivity index (χ1n) is 15.2. The molecule has 0 amide bonds. The van der Waals surface area contributed by atoms with E-state index in [0.29, 0.717) is 35.7 Å². The molecule has 244 valence electrons. The maximum absolute atomic E-state index is 13.7. The van der Waals surface area contributed by atoms with Gasteiger partial charge < -0.3 is 33.2 Å². The highest BCUT2D eigenvalue weighted by molar-refractivity contribution is 7.98. The van der Waals surface area contributed by atoms with Crippen molar-refractivity contribution in [1.82, 2.24) is 0 Å². The third-order valence-corrected chi connectivity index (χ3v) is 8.20. The number of esters is 2. The van der Waals surface area contributed by atoms with Gasteiger partial charge in [-0.15, -0.1) is 0 Å². The first-order chi connectivity index (χ1) is 21.6. The normalized spacial score (nSPS) is 24.6. The van der Waals surface area contributed by atoms with E-state index in [0.717, 1.165) is 12.2 Å². The van der Waals surface area contributed by atoms with Gasteiger partial charge in [0.15, 0.2) is 12.6 Å². The van der Waals surface area contributed by atoms with Crippen molar-refractivity contribution in [2.24, 2.45) is 5.92 Å². The average molecular weight is 641 g/mol. The number of carbonyl (C=O) groups is 2. The number of ether oxygens (including phenoxy) is 7. The van der Waals surface area contributed by atoms with Crippen molar-refractivity contribution in [2.45, 2.75) is 70.7 Å². The van der Waals surface area contributed by atoms with Crippen molar-refractivity contribution < 1.29 is 42.7 Å². The first kappa shape index (κ1) is 34.6. The molecule has 0 aliphatic carbocycles. The van der Waals surface area contributed by atoms with Gasteiger partial charge in [0.1, 0.15) is 35.4 Å². The smallest absolute Gasteiger partial charge is 0.342 e. The molecule has 1 saturated heterocycles. The Morgan fingerprint density at radius 3 is 2.58 bits per heavy atom. The van der Waals surface area contributed by atoms with Gasteiger partial charge in [-0.2, -0.15) is 11.8 Å². The van der Waals surface area contributed by atoms with Crippen molar-refractivity contribution >= 4 is 29.8 Å². The van der Waals surface area contributed by atoms with Crippen LogP contribution in [0.5, 0.6) is 11.5 Å². The highest BCUT2D eigenvalue weighted by atomic mass is 32.2. The first-order valence-corrected chi connectivity index (χ1v) is 16.6. The quantitative estimate of drug-likeness (QED) is 0.121. The Labute approximate surface area is 270 Å². The van der Waals surface area contributed by atoms with Gasteiger partial charge in [0.05, 0.1) is 18.3 Å². The summed E-state index contributed by atoms with van der Waals surface area (Å²) in [5, 5.41) is 0. The predicted octanol–water partition coefficient (Wildman–Crippen LogP) is 6.70. The lowest BCUT2D eigenvalue weighted by molar-refractivity contribution is -0.152. The molecular formula is C35H44O9S. The fourth-order valence-electron chi connectivity index (χ4n) is 5.08. The van der Waals surface area contributed by atoms with E-state index in [1.807, 2.05) is 58.1 Å². The molecule has 0 radical (unpaired) electrons. The maximum atomic E-state index is 13.7. The summed E-state index contributed by atoms with van der Waals surface area (Å²) < 4.78 is 41.7. The van der Waals surface area contributed by atoms with Crippen LogP contribution in [0.4, 0.5) is 0 Å². The van der Waals surface area contributed by atoms with Crippen molar-refractivity contribution in [1.29, 1.82) is 0 Å². The van der Waals surface area contributed by atoms with Crippen molar-refractivity contribution in [3.05, 3.63) is 77.4 Å². The number of methoxy groups -OCH3 is 1. The molecule has 1 fully saturated rings. The number of hydrogen-bond donors (Lipinski definition) is 0. The highest BCUT2D eigenvalue weighted by Gasteiger charge is 2.45. The lowest BCUT2D eigenvalue weighted by atomic mass is 9.98.